The highest BCUT2D eigenvalue weighted by molar-refractivity contribution is 6.35. The van der Waals surface area contributed by atoms with Gasteiger partial charge in [-0.3, -0.25) is 14.9 Å². The van der Waals surface area contributed by atoms with E-state index in [-0.39, 0.29) is 11.6 Å². The van der Waals surface area contributed by atoms with Crippen LogP contribution in [0, 0.1) is 10.1 Å². The highest BCUT2D eigenvalue weighted by Gasteiger charge is 2.23. The average Bonchev–Trinajstić information content (AvgIpc) is 3.09. The number of hydrogen-bond acceptors (Lipinski definition) is 3. The number of nitro benzene ring substituents is 1. The highest BCUT2D eigenvalue weighted by atomic mass is 16.6. The quantitative estimate of drug-likeness (QED) is 0.431. The lowest BCUT2D eigenvalue weighted by atomic mass is 10.0. The molecule has 2 heterocycles. The van der Waals surface area contributed by atoms with Crippen molar-refractivity contribution in [3.8, 4) is 0 Å². The van der Waals surface area contributed by atoms with Crippen LogP contribution in [-0.4, -0.2) is 15.8 Å². The number of carbonyl (C=O) groups is 1. The van der Waals surface area contributed by atoms with Crippen molar-refractivity contribution >= 4 is 39.8 Å². The van der Waals surface area contributed by atoms with E-state index < -0.39 is 4.92 Å². The van der Waals surface area contributed by atoms with Gasteiger partial charge in [-0.1, -0.05) is 18.2 Å². The van der Waals surface area contributed by atoms with Gasteiger partial charge in [-0.2, -0.15) is 0 Å². The van der Waals surface area contributed by atoms with Crippen LogP contribution < -0.4 is 5.32 Å². The largest absolute Gasteiger partial charge is 0.361 e. The van der Waals surface area contributed by atoms with E-state index >= 15 is 0 Å². The van der Waals surface area contributed by atoms with E-state index in [1.807, 2.05) is 24.3 Å². The Kier molecular flexibility index (Phi) is 2.77. The van der Waals surface area contributed by atoms with Gasteiger partial charge in [0.1, 0.15) is 0 Å². The third-order valence-electron chi connectivity index (χ3n) is 3.92. The summed E-state index contributed by atoms with van der Waals surface area (Å²) < 4.78 is 0. The van der Waals surface area contributed by atoms with Crippen molar-refractivity contribution in [3.05, 3.63) is 69.9 Å². The van der Waals surface area contributed by atoms with Gasteiger partial charge in [-0.15, -0.1) is 0 Å². The second-order valence-corrected chi connectivity index (χ2v) is 5.29. The van der Waals surface area contributed by atoms with Crippen LogP contribution in [0.25, 0.3) is 22.6 Å². The number of benzene rings is 2. The molecule has 0 bridgehead atoms. The van der Waals surface area contributed by atoms with Gasteiger partial charge in [0.15, 0.2) is 0 Å². The molecule has 0 spiro atoms. The van der Waals surface area contributed by atoms with Crippen LogP contribution >= 0.6 is 0 Å². The Morgan fingerprint density at radius 3 is 2.78 bits per heavy atom. The van der Waals surface area contributed by atoms with Crippen molar-refractivity contribution in [2.75, 3.05) is 5.32 Å². The molecular weight excluding hydrogens is 294 g/mol. The second kappa shape index (κ2) is 4.81. The van der Waals surface area contributed by atoms with E-state index in [1.54, 1.807) is 18.3 Å². The number of non-ortho nitro benzene ring substituents is 1. The normalized spacial score (nSPS) is 15.0. The molecule has 0 radical (unpaired) electrons. The van der Waals surface area contributed by atoms with E-state index in [1.165, 1.54) is 12.1 Å². The van der Waals surface area contributed by atoms with Crippen LogP contribution in [0.2, 0.25) is 0 Å². The van der Waals surface area contributed by atoms with Crippen molar-refractivity contribution in [2.24, 2.45) is 0 Å². The van der Waals surface area contributed by atoms with Gasteiger partial charge in [0.25, 0.3) is 11.6 Å². The van der Waals surface area contributed by atoms with Crippen molar-refractivity contribution in [2.45, 2.75) is 0 Å². The summed E-state index contributed by atoms with van der Waals surface area (Å²) in [6.07, 6.45) is 3.50. The smallest absolute Gasteiger partial charge is 0.270 e. The van der Waals surface area contributed by atoms with Crippen LogP contribution in [0.15, 0.2) is 48.7 Å². The molecule has 0 saturated carbocycles. The molecule has 6 heteroatoms. The summed E-state index contributed by atoms with van der Waals surface area (Å²) in [6, 6.07) is 12.1. The van der Waals surface area contributed by atoms with Crippen LogP contribution in [-0.2, 0) is 4.79 Å². The fourth-order valence-electron chi connectivity index (χ4n) is 2.80. The number of nitro groups is 1. The first-order chi connectivity index (χ1) is 11.1. The van der Waals surface area contributed by atoms with E-state index in [0.29, 0.717) is 11.0 Å². The van der Waals surface area contributed by atoms with Gasteiger partial charge in [0.2, 0.25) is 0 Å². The van der Waals surface area contributed by atoms with Gasteiger partial charge < -0.3 is 10.3 Å². The highest BCUT2D eigenvalue weighted by Crippen LogP contribution is 2.34. The molecule has 0 aliphatic carbocycles. The zero-order chi connectivity index (χ0) is 16.0. The minimum Gasteiger partial charge on any atom is -0.361 e. The lowest BCUT2D eigenvalue weighted by molar-refractivity contribution is -0.384. The molecular formula is C17H11N3O3. The van der Waals surface area contributed by atoms with Crippen LogP contribution in [0.3, 0.4) is 0 Å². The molecule has 0 fully saturated rings. The van der Waals surface area contributed by atoms with Crippen molar-refractivity contribution < 1.29 is 9.72 Å². The van der Waals surface area contributed by atoms with Crippen LogP contribution in [0.1, 0.15) is 11.1 Å². The number of aromatic amines is 1. The molecule has 0 saturated heterocycles. The first kappa shape index (κ1) is 13.3. The van der Waals surface area contributed by atoms with Gasteiger partial charge >= 0.3 is 0 Å². The summed E-state index contributed by atoms with van der Waals surface area (Å²) >= 11 is 0. The number of hydrogen-bond donors (Lipinski definition) is 2. The molecule has 3 aromatic rings. The maximum Gasteiger partial charge on any atom is 0.270 e. The summed E-state index contributed by atoms with van der Waals surface area (Å²) in [4.78, 5) is 25.8. The zero-order valence-electron chi connectivity index (χ0n) is 11.9. The summed E-state index contributed by atoms with van der Waals surface area (Å²) in [7, 11) is 0. The summed E-state index contributed by atoms with van der Waals surface area (Å²) in [5.74, 6) is -0.175. The molecule has 1 aliphatic rings. The first-order valence-electron chi connectivity index (χ1n) is 7.01. The summed E-state index contributed by atoms with van der Waals surface area (Å²) in [5, 5.41) is 14.5. The van der Waals surface area contributed by atoms with Crippen molar-refractivity contribution in [1.82, 2.24) is 4.98 Å². The van der Waals surface area contributed by atoms with Gasteiger partial charge in [0.05, 0.1) is 4.92 Å². The van der Waals surface area contributed by atoms with Gasteiger partial charge in [-0.25, -0.2) is 0 Å². The van der Waals surface area contributed by atoms with E-state index in [4.69, 9.17) is 0 Å². The monoisotopic (exact) mass is 305 g/mol. The number of H-pyrrole nitrogens is 1. The Morgan fingerprint density at radius 2 is 1.96 bits per heavy atom. The Bertz CT molecular complexity index is 1000. The number of rotatable bonds is 2. The molecule has 1 amide bonds. The molecule has 0 unspecified atom stereocenters. The SMILES string of the molecule is O=C1Nc2ccccc2/C1=C/c1c[nH]c2ccc([N+](=O)[O-])cc12. The minimum absolute atomic E-state index is 0.0213. The fraction of sp³-hybridized carbons (Fsp3) is 0. The molecule has 2 aromatic carbocycles. The Balaban J connectivity index is 1.88. The van der Waals surface area contributed by atoms with Crippen molar-refractivity contribution in [1.29, 1.82) is 0 Å². The number of fused-ring (bicyclic) bond motifs is 2. The lowest BCUT2D eigenvalue weighted by Gasteiger charge is -1.98. The topological polar surface area (TPSA) is 88.0 Å². The van der Waals surface area contributed by atoms with Gasteiger partial charge in [0, 0.05) is 51.6 Å². The zero-order valence-corrected chi connectivity index (χ0v) is 11.9. The molecule has 23 heavy (non-hydrogen) atoms. The molecule has 4 rings (SSSR count). The second-order valence-electron chi connectivity index (χ2n) is 5.29. The van der Waals surface area contributed by atoms with Gasteiger partial charge in [-0.05, 0) is 18.2 Å². The third kappa shape index (κ3) is 2.08. The maximum absolute atomic E-state index is 12.2. The number of nitrogens with one attached hydrogen (secondary N) is 2. The fourth-order valence-corrected chi connectivity index (χ4v) is 2.80. The third-order valence-corrected chi connectivity index (χ3v) is 3.92. The Hall–Kier alpha value is -3.41. The maximum atomic E-state index is 12.2. The average molecular weight is 305 g/mol. The molecule has 2 N–H and O–H groups in total. The van der Waals surface area contributed by atoms with Crippen molar-refractivity contribution in [3.63, 3.8) is 0 Å². The molecule has 112 valence electrons. The van der Waals surface area contributed by atoms with E-state index in [0.717, 1.165) is 22.3 Å². The Morgan fingerprint density at radius 1 is 1.13 bits per heavy atom. The molecule has 6 nitrogen and oxygen atoms in total. The predicted octanol–water partition coefficient (Wildman–Crippen LogP) is 3.57. The molecule has 1 aromatic heterocycles. The number of para-hydroxylation sites is 1. The van der Waals surface area contributed by atoms with Crippen LogP contribution in [0.4, 0.5) is 11.4 Å². The lowest BCUT2D eigenvalue weighted by Crippen LogP contribution is -2.03. The van der Waals surface area contributed by atoms with E-state index in [2.05, 4.69) is 10.3 Å². The Labute approximate surface area is 130 Å². The number of carbonyl (C=O) groups excluding carboxylic acids is 1. The predicted molar refractivity (Wildman–Crippen MR) is 87.9 cm³/mol. The number of anilines is 1. The minimum atomic E-state index is -0.430. The number of aromatic nitrogens is 1. The summed E-state index contributed by atoms with van der Waals surface area (Å²) in [5.41, 5.74) is 3.70. The number of amides is 1. The van der Waals surface area contributed by atoms with E-state index in [9.17, 15) is 14.9 Å². The van der Waals surface area contributed by atoms with Crippen LogP contribution in [0.5, 0.6) is 0 Å². The standard InChI is InChI=1S/C17H11N3O3/c21-17-14(12-3-1-2-4-16(12)19-17)7-10-9-18-15-6-5-11(20(22)23)8-13(10)15/h1-9,18H,(H,19,21)/b14-7-. The molecule has 0 atom stereocenters. The first-order valence-corrected chi connectivity index (χ1v) is 7.01. The summed E-state index contributed by atoms with van der Waals surface area (Å²) in [6.45, 7) is 0. The molecule has 1 aliphatic heterocycles. The number of nitrogens with zero attached hydrogens (tertiary/aromatic N) is 1.